The van der Waals surface area contributed by atoms with Crippen molar-refractivity contribution in [2.75, 3.05) is 13.1 Å². The Bertz CT molecular complexity index is 1340. The lowest BCUT2D eigenvalue weighted by atomic mass is 9.48. The molecule has 17 atom stereocenters. The minimum atomic E-state index is -1.93. The number of nitrogens with zero attached hydrogens (tertiary/aromatic N) is 1. The molecule has 7 rings (SSSR count). The Morgan fingerprint density at radius 3 is 2.38 bits per heavy atom. The van der Waals surface area contributed by atoms with Crippen molar-refractivity contribution in [3.8, 4) is 0 Å². The summed E-state index contributed by atoms with van der Waals surface area (Å²) in [7, 11) is 0. The first-order valence-electron chi connectivity index (χ1n) is 18.1. The Balaban J connectivity index is 1.43. The van der Waals surface area contributed by atoms with Gasteiger partial charge in [-0.1, -0.05) is 27.7 Å². The van der Waals surface area contributed by atoms with E-state index in [0.717, 1.165) is 19.4 Å². The molecule has 7 aliphatic rings. The number of fused-ring (bicyclic) bond motifs is 5. The van der Waals surface area contributed by atoms with Crippen molar-refractivity contribution in [2.45, 2.75) is 140 Å². The van der Waals surface area contributed by atoms with Crippen LogP contribution in [0.15, 0.2) is 0 Å². The first kappa shape index (κ1) is 33.8. The fourth-order valence-corrected chi connectivity index (χ4v) is 12.8. The van der Waals surface area contributed by atoms with E-state index < -0.39 is 99.7 Å². The number of esters is 2. The maximum Gasteiger partial charge on any atom is 0.309 e. The predicted molar refractivity (Wildman–Crippen MR) is 167 cm³/mol. The van der Waals surface area contributed by atoms with Crippen molar-refractivity contribution in [1.29, 1.82) is 0 Å². The molecule has 3 aliphatic heterocycles. The van der Waals surface area contributed by atoms with Gasteiger partial charge in [0.1, 0.15) is 17.5 Å². The first-order chi connectivity index (χ1) is 21.9. The number of hydrogen-bond donors (Lipinski definition) is 4. The molecule has 4 aliphatic carbocycles. The lowest BCUT2D eigenvalue weighted by Crippen LogP contribution is -2.77. The van der Waals surface area contributed by atoms with E-state index in [0.29, 0.717) is 31.7 Å². The molecule has 11 nitrogen and oxygen atoms in total. The largest absolute Gasteiger partial charge is 0.462 e. The lowest BCUT2D eigenvalue weighted by Gasteiger charge is -2.64. The van der Waals surface area contributed by atoms with Crippen LogP contribution >= 0.6 is 0 Å². The molecular weight excluding hydrogens is 606 g/mol. The van der Waals surface area contributed by atoms with Crippen molar-refractivity contribution in [3.63, 3.8) is 0 Å². The molecule has 2 unspecified atom stereocenters. The summed E-state index contributed by atoms with van der Waals surface area (Å²) < 4.78 is 19.2. The van der Waals surface area contributed by atoms with E-state index in [1.165, 1.54) is 13.8 Å². The van der Waals surface area contributed by atoms with Gasteiger partial charge < -0.3 is 34.6 Å². The van der Waals surface area contributed by atoms with Crippen LogP contribution in [0.25, 0.3) is 0 Å². The van der Waals surface area contributed by atoms with Crippen LogP contribution in [-0.2, 0) is 28.6 Å². The van der Waals surface area contributed by atoms with E-state index in [2.05, 4.69) is 18.7 Å². The van der Waals surface area contributed by atoms with Crippen LogP contribution in [0.2, 0.25) is 0 Å². The number of rotatable bonds is 5. The van der Waals surface area contributed by atoms with Crippen LogP contribution in [0, 0.1) is 52.8 Å². The summed E-state index contributed by atoms with van der Waals surface area (Å²) in [5.41, 5.74) is -5.26. The van der Waals surface area contributed by atoms with E-state index in [1.54, 1.807) is 13.8 Å². The number of carbonyl (C=O) groups excluding carboxylic acids is 3. The zero-order valence-corrected chi connectivity index (χ0v) is 29.0. The number of piperidine rings is 2. The third kappa shape index (κ3) is 4.22. The first-order valence-corrected chi connectivity index (χ1v) is 18.1. The Morgan fingerprint density at radius 2 is 1.74 bits per heavy atom. The molecule has 3 heterocycles. The van der Waals surface area contributed by atoms with Gasteiger partial charge in [0, 0.05) is 43.3 Å². The minimum absolute atomic E-state index is 0.150. The second-order valence-corrected chi connectivity index (χ2v) is 17.2. The zero-order chi connectivity index (χ0) is 34.2. The SMILES string of the molecule is CC[C@H](C)C(=O)O[C@H]1[C@H](O)[C@H]2[C@@H](CN3C[C@@H](C)CC[C@H]3[C@@]2(C)O)[C@@H]2C[C@@]34OC5(O)C(C[C@@H](OC(C)=O)[C@H]3[C@@]21O)[C@]4(C)CC[C@@H]5C(C)=O. The van der Waals surface area contributed by atoms with Crippen LogP contribution in [0.3, 0.4) is 0 Å². The number of ketones is 1. The average Bonchev–Trinajstić information content (AvgIpc) is 3.24. The van der Waals surface area contributed by atoms with Crippen molar-refractivity contribution >= 4 is 17.7 Å². The molecule has 0 aromatic rings. The molecule has 1 spiro atoms. The maximum absolute atomic E-state index is 13.6. The smallest absolute Gasteiger partial charge is 0.309 e. The number of hydrogen-bond acceptors (Lipinski definition) is 11. The third-order valence-electron chi connectivity index (χ3n) is 14.9. The molecule has 264 valence electrons. The van der Waals surface area contributed by atoms with Gasteiger partial charge in [-0.05, 0) is 76.5 Å². The Hall–Kier alpha value is -1.63. The van der Waals surface area contributed by atoms with Crippen LogP contribution in [0.4, 0.5) is 0 Å². The van der Waals surface area contributed by atoms with Crippen LogP contribution in [-0.4, -0.2) is 103 Å². The Labute approximate surface area is 277 Å². The highest BCUT2D eigenvalue weighted by molar-refractivity contribution is 5.80. The molecule has 0 amide bonds. The fraction of sp³-hybridized carbons (Fsp3) is 0.917. The van der Waals surface area contributed by atoms with Crippen molar-refractivity contribution < 1.29 is 49.0 Å². The second-order valence-electron chi connectivity index (χ2n) is 17.2. The fourth-order valence-electron chi connectivity index (χ4n) is 12.8. The molecule has 0 aromatic carbocycles. The highest BCUT2D eigenvalue weighted by Gasteiger charge is 2.87. The molecule has 0 aromatic heterocycles. The molecule has 0 radical (unpaired) electrons. The normalized spacial score (nSPS) is 55.2. The van der Waals surface area contributed by atoms with E-state index in [4.69, 9.17) is 14.2 Å². The van der Waals surface area contributed by atoms with E-state index in [1.807, 2.05) is 6.92 Å². The summed E-state index contributed by atoms with van der Waals surface area (Å²) in [6, 6.07) is -0.205. The zero-order valence-electron chi connectivity index (χ0n) is 29.0. The molecule has 4 saturated carbocycles. The number of aliphatic hydroxyl groups excluding tert-OH is 1. The van der Waals surface area contributed by atoms with Gasteiger partial charge in [-0.15, -0.1) is 0 Å². The van der Waals surface area contributed by atoms with Crippen molar-refractivity contribution in [3.05, 3.63) is 0 Å². The summed E-state index contributed by atoms with van der Waals surface area (Å²) >= 11 is 0. The van der Waals surface area contributed by atoms with Gasteiger partial charge in [-0.3, -0.25) is 19.3 Å². The van der Waals surface area contributed by atoms with Crippen molar-refractivity contribution in [2.24, 2.45) is 52.8 Å². The van der Waals surface area contributed by atoms with E-state index >= 15 is 0 Å². The molecule has 4 N–H and O–H groups in total. The van der Waals surface area contributed by atoms with Gasteiger partial charge in [0.25, 0.3) is 0 Å². The predicted octanol–water partition coefficient (Wildman–Crippen LogP) is 2.20. The lowest BCUT2D eigenvalue weighted by molar-refractivity contribution is -0.297. The quantitative estimate of drug-likeness (QED) is 0.320. The van der Waals surface area contributed by atoms with Gasteiger partial charge in [0.05, 0.1) is 35.1 Å². The van der Waals surface area contributed by atoms with Gasteiger partial charge in [0.15, 0.2) is 11.9 Å². The minimum Gasteiger partial charge on any atom is -0.462 e. The van der Waals surface area contributed by atoms with Crippen molar-refractivity contribution in [1.82, 2.24) is 4.90 Å². The van der Waals surface area contributed by atoms with Crippen LogP contribution < -0.4 is 0 Å². The second kappa shape index (κ2) is 10.7. The molecule has 3 saturated heterocycles. The topological polar surface area (TPSA) is 163 Å². The monoisotopic (exact) mass is 661 g/mol. The van der Waals surface area contributed by atoms with Crippen LogP contribution in [0.1, 0.15) is 93.4 Å². The number of ether oxygens (including phenoxy) is 3. The summed E-state index contributed by atoms with van der Waals surface area (Å²) in [5.74, 6) is -7.31. The summed E-state index contributed by atoms with van der Waals surface area (Å²) in [4.78, 5) is 41.6. The van der Waals surface area contributed by atoms with Gasteiger partial charge in [0.2, 0.25) is 0 Å². The molecule has 11 heteroatoms. The molecule has 47 heavy (non-hydrogen) atoms. The number of Topliss-reactive ketones (excluding diaryl/α,β-unsaturated/α-hetero) is 1. The average molecular weight is 662 g/mol. The standard InChI is InChI=1S/C36H55NO10/c1-8-18(3)31(41)46-30-28(40)27-21(16-37-15-17(2)9-10-26(37)33(27,7)42)23-14-34-29(35(23,30)43)24(45-20(5)39)13-25-32(34,6)12-11-22(19(4)38)36(25,44)47-34/h17-18,21-30,40,42-44H,8-16H2,1-7H3/t17-,18-,21-,22+,23-,24+,25?,26-,27+,28+,29+,30-,32-,33+,34+,35-,36?/m0/s1. The molecule has 4 bridgehead atoms. The summed E-state index contributed by atoms with van der Waals surface area (Å²) in [6.45, 7) is 13.7. The Morgan fingerprint density at radius 1 is 1.04 bits per heavy atom. The van der Waals surface area contributed by atoms with Gasteiger partial charge in [-0.25, -0.2) is 0 Å². The van der Waals surface area contributed by atoms with E-state index in [-0.39, 0.29) is 24.7 Å². The molecule has 7 fully saturated rings. The Kier molecular flexibility index (Phi) is 7.70. The van der Waals surface area contributed by atoms with E-state index in [9.17, 15) is 34.8 Å². The highest BCUT2D eigenvalue weighted by Crippen LogP contribution is 2.78. The summed E-state index contributed by atoms with van der Waals surface area (Å²) in [6.07, 6.45) is -0.235. The third-order valence-corrected chi connectivity index (χ3v) is 14.9. The van der Waals surface area contributed by atoms with Crippen LogP contribution in [0.5, 0.6) is 0 Å². The van der Waals surface area contributed by atoms with Gasteiger partial charge in [-0.2, -0.15) is 0 Å². The number of aliphatic hydroxyl groups is 4. The maximum atomic E-state index is 13.6. The van der Waals surface area contributed by atoms with Gasteiger partial charge >= 0.3 is 11.9 Å². The summed E-state index contributed by atoms with van der Waals surface area (Å²) in [5, 5.41) is 50.8. The molecular formula is C36H55NO10. The highest BCUT2D eigenvalue weighted by atomic mass is 16.7. The number of carbonyl (C=O) groups is 3.